The summed E-state index contributed by atoms with van der Waals surface area (Å²) < 4.78 is 72.0. The first-order valence-corrected chi connectivity index (χ1v) is 11.1. The van der Waals surface area contributed by atoms with Crippen molar-refractivity contribution in [2.45, 2.75) is 52.5 Å². The molecule has 1 aliphatic rings. The van der Waals surface area contributed by atoms with Gasteiger partial charge in [0.1, 0.15) is 0 Å². The van der Waals surface area contributed by atoms with Crippen LogP contribution in [0.1, 0.15) is 39.7 Å². The number of rotatable bonds is 6. The molecule has 0 radical (unpaired) electrons. The Kier molecular flexibility index (Phi) is 10.2. The molecule has 0 saturated carbocycles. The van der Waals surface area contributed by atoms with Crippen molar-refractivity contribution >= 4 is 34.3 Å². The predicted octanol–water partition coefficient (Wildman–Crippen LogP) is 6.35. The molecule has 192 valence electrons. The summed E-state index contributed by atoms with van der Waals surface area (Å²) in [6.07, 6.45) is -8.86. The molecule has 1 fully saturated rings. The standard InChI is InChI=1S/C18H24F3N3O2S.C2HF3O2/c1-11(2)7-14-10-27-17(23(14)9-12(3)4)22-16-6-5-13(24(25)26)8-15(16)18(19,20)21;3-2(4,5)1(6)7/h5-6,8,11-12,14H,7,9-10H2,1-4H3;(H,6,7). The van der Waals surface area contributed by atoms with Crippen molar-refractivity contribution in [1.82, 2.24) is 4.90 Å². The molecule has 0 amide bonds. The Morgan fingerprint density at radius 1 is 1.21 bits per heavy atom. The molecule has 34 heavy (non-hydrogen) atoms. The normalized spacial score (nSPS) is 17.8. The Labute approximate surface area is 196 Å². The van der Waals surface area contributed by atoms with Gasteiger partial charge in [0.2, 0.25) is 0 Å². The Morgan fingerprint density at radius 3 is 2.18 bits per heavy atom. The summed E-state index contributed by atoms with van der Waals surface area (Å²) in [5.74, 6) is -1.18. The number of carboxylic acid groups (broad SMARTS) is 1. The van der Waals surface area contributed by atoms with E-state index in [-0.39, 0.29) is 11.7 Å². The summed E-state index contributed by atoms with van der Waals surface area (Å²) in [5, 5.41) is 18.5. The maximum absolute atomic E-state index is 13.4. The van der Waals surface area contributed by atoms with E-state index in [9.17, 15) is 36.5 Å². The predicted molar refractivity (Wildman–Crippen MR) is 116 cm³/mol. The van der Waals surface area contributed by atoms with Gasteiger partial charge in [0.25, 0.3) is 5.69 Å². The number of aliphatic carboxylic acids is 1. The molecule has 1 aromatic carbocycles. The number of carboxylic acids is 1. The number of carbonyl (C=O) groups is 1. The molecule has 1 aromatic rings. The fraction of sp³-hybridized carbons (Fsp3) is 0.600. The summed E-state index contributed by atoms with van der Waals surface area (Å²) in [6.45, 7) is 9.05. The lowest BCUT2D eigenvalue weighted by Gasteiger charge is -2.29. The molecule has 7 nitrogen and oxygen atoms in total. The van der Waals surface area contributed by atoms with Crippen LogP contribution < -0.4 is 0 Å². The highest BCUT2D eigenvalue weighted by molar-refractivity contribution is 8.14. The van der Waals surface area contributed by atoms with E-state index >= 15 is 0 Å². The van der Waals surface area contributed by atoms with E-state index in [2.05, 4.69) is 37.6 Å². The number of nitro benzene ring substituents is 1. The van der Waals surface area contributed by atoms with Crippen molar-refractivity contribution in [3.8, 4) is 0 Å². The van der Waals surface area contributed by atoms with Gasteiger partial charge in [0.05, 0.1) is 16.2 Å². The maximum atomic E-state index is 13.4. The smallest absolute Gasteiger partial charge is 0.475 e. The van der Waals surface area contributed by atoms with Crippen LogP contribution in [-0.2, 0) is 11.0 Å². The average Bonchev–Trinajstić information content (AvgIpc) is 3.00. The zero-order chi connectivity index (χ0) is 26.4. The molecule has 0 bridgehead atoms. The van der Waals surface area contributed by atoms with Gasteiger partial charge >= 0.3 is 18.3 Å². The van der Waals surface area contributed by atoms with Crippen molar-refractivity contribution in [1.29, 1.82) is 0 Å². The summed E-state index contributed by atoms with van der Waals surface area (Å²) in [7, 11) is 0. The minimum Gasteiger partial charge on any atom is -0.475 e. The van der Waals surface area contributed by atoms with Crippen LogP contribution in [0.5, 0.6) is 0 Å². The Hall–Kier alpha value is -2.51. The first-order chi connectivity index (χ1) is 15.4. The van der Waals surface area contributed by atoms with Crippen molar-refractivity contribution in [2.24, 2.45) is 16.8 Å². The van der Waals surface area contributed by atoms with Gasteiger partial charge in [-0.15, -0.1) is 0 Å². The lowest BCUT2D eigenvalue weighted by atomic mass is 10.0. The number of amidine groups is 1. The number of aliphatic imine (C=N–C) groups is 1. The van der Waals surface area contributed by atoms with Crippen LogP contribution in [0.3, 0.4) is 0 Å². The van der Waals surface area contributed by atoms with E-state index in [1.54, 1.807) is 0 Å². The third-order valence-electron chi connectivity index (χ3n) is 4.35. The molecule has 1 saturated heterocycles. The van der Waals surface area contributed by atoms with Gasteiger partial charge in [-0.2, -0.15) is 26.3 Å². The topological polar surface area (TPSA) is 96.0 Å². The maximum Gasteiger partial charge on any atom is 0.490 e. The molecule has 1 unspecified atom stereocenters. The minimum atomic E-state index is -5.08. The van der Waals surface area contributed by atoms with E-state index in [4.69, 9.17) is 9.90 Å². The molecule has 0 aliphatic carbocycles. The number of hydrogen-bond donors (Lipinski definition) is 1. The van der Waals surface area contributed by atoms with E-state index in [0.29, 0.717) is 29.6 Å². The summed E-state index contributed by atoms with van der Waals surface area (Å²) in [4.78, 5) is 25.3. The zero-order valence-corrected chi connectivity index (χ0v) is 19.6. The molecule has 1 aliphatic heterocycles. The van der Waals surface area contributed by atoms with Crippen LogP contribution in [-0.4, -0.2) is 50.6 Å². The summed E-state index contributed by atoms with van der Waals surface area (Å²) in [5.41, 5.74) is -1.96. The SMILES string of the molecule is CC(C)CC1CSC(=Nc2ccc([N+](=O)[O-])cc2C(F)(F)F)N1CC(C)C.O=C(O)C(F)(F)F. The van der Waals surface area contributed by atoms with E-state index in [0.717, 1.165) is 24.3 Å². The molecule has 1 atom stereocenters. The van der Waals surface area contributed by atoms with Gasteiger partial charge < -0.3 is 10.0 Å². The van der Waals surface area contributed by atoms with Crippen LogP contribution in [0, 0.1) is 22.0 Å². The quantitative estimate of drug-likeness (QED) is 0.268. The molecular formula is C20H25F6N3O4S. The lowest BCUT2D eigenvalue weighted by molar-refractivity contribution is -0.385. The fourth-order valence-corrected chi connectivity index (χ4v) is 4.23. The second-order valence-electron chi connectivity index (χ2n) is 8.29. The van der Waals surface area contributed by atoms with Crippen LogP contribution in [0.2, 0.25) is 0 Å². The molecule has 1 N–H and O–H groups in total. The van der Waals surface area contributed by atoms with Gasteiger partial charge in [-0.3, -0.25) is 10.1 Å². The van der Waals surface area contributed by atoms with Crippen LogP contribution in [0.4, 0.5) is 37.7 Å². The second-order valence-corrected chi connectivity index (χ2v) is 9.28. The summed E-state index contributed by atoms with van der Waals surface area (Å²) >= 11 is 1.44. The number of thioether (sulfide) groups is 1. The number of halogens is 6. The fourth-order valence-electron chi connectivity index (χ4n) is 3.02. The van der Waals surface area contributed by atoms with Crippen molar-refractivity contribution in [3.63, 3.8) is 0 Å². The Bertz CT molecular complexity index is 903. The number of nitro groups is 1. The largest absolute Gasteiger partial charge is 0.490 e. The highest BCUT2D eigenvalue weighted by Gasteiger charge is 2.38. The number of hydrogen-bond acceptors (Lipinski definition) is 5. The van der Waals surface area contributed by atoms with E-state index in [1.165, 1.54) is 11.8 Å². The molecule has 0 spiro atoms. The molecule has 14 heteroatoms. The highest BCUT2D eigenvalue weighted by Crippen LogP contribution is 2.40. The molecule has 0 aromatic heterocycles. The Balaban J connectivity index is 0.000000718. The first kappa shape index (κ1) is 29.5. The average molecular weight is 517 g/mol. The van der Waals surface area contributed by atoms with Gasteiger partial charge in [-0.05, 0) is 24.3 Å². The number of non-ortho nitro benzene ring substituents is 1. The van der Waals surface area contributed by atoms with Crippen LogP contribution >= 0.6 is 11.8 Å². The van der Waals surface area contributed by atoms with Gasteiger partial charge in [-0.25, -0.2) is 9.79 Å². The Morgan fingerprint density at radius 2 is 1.76 bits per heavy atom. The third-order valence-corrected chi connectivity index (χ3v) is 5.49. The van der Waals surface area contributed by atoms with Crippen molar-refractivity contribution in [3.05, 3.63) is 33.9 Å². The molecular weight excluding hydrogens is 492 g/mol. The number of benzene rings is 1. The van der Waals surface area contributed by atoms with Crippen LogP contribution in [0.25, 0.3) is 0 Å². The highest BCUT2D eigenvalue weighted by atomic mass is 32.2. The third kappa shape index (κ3) is 9.03. The van der Waals surface area contributed by atoms with E-state index < -0.39 is 34.5 Å². The zero-order valence-electron chi connectivity index (χ0n) is 18.8. The number of alkyl halides is 6. The molecule has 1 heterocycles. The molecule has 2 rings (SSSR count). The minimum absolute atomic E-state index is 0.225. The van der Waals surface area contributed by atoms with Gasteiger partial charge in [0, 0.05) is 30.5 Å². The van der Waals surface area contributed by atoms with Gasteiger partial charge in [-0.1, -0.05) is 39.5 Å². The summed E-state index contributed by atoms with van der Waals surface area (Å²) in [6, 6.07) is 2.92. The second kappa shape index (κ2) is 11.8. The monoisotopic (exact) mass is 517 g/mol. The van der Waals surface area contributed by atoms with E-state index in [1.807, 2.05) is 0 Å². The van der Waals surface area contributed by atoms with Crippen molar-refractivity contribution in [2.75, 3.05) is 12.3 Å². The lowest BCUT2D eigenvalue weighted by Crippen LogP contribution is -2.37. The number of nitrogens with zero attached hydrogens (tertiary/aromatic N) is 3. The van der Waals surface area contributed by atoms with Crippen LogP contribution in [0.15, 0.2) is 23.2 Å². The van der Waals surface area contributed by atoms with Crippen molar-refractivity contribution < 1.29 is 41.2 Å². The first-order valence-electron chi connectivity index (χ1n) is 10.1. The van der Waals surface area contributed by atoms with Gasteiger partial charge in [0.15, 0.2) is 5.17 Å².